The Balaban J connectivity index is 0. The summed E-state index contributed by atoms with van der Waals surface area (Å²) in [5, 5.41) is 15.7. The van der Waals surface area contributed by atoms with Gasteiger partial charge in [-0.15, -0.1) is 0 Å². The number of aliphatic carboxylic acids is 1. The van der Waals surface area contributed by atoms with Crippen molar-refractivity contribution >= 4 is 21.9 Å². The van der Waals surface area contributed by atoms with Crippen LogP contribution in [0.4, 0.5) is 0 Å². The third-order valence-electron chi connectivity index (χ3n) is 0.641. The molecule has 0 saturated heterocycles. The highest BCUT2D eigenvalue weighted by atomic mass is 79.9. The van der Waals surface area contributed by atoms with Gasteiger partial charge in [0.15, 0.2) is 0 Å². The minimum absolute atomic E-state index is 0.247. The molecule has 0 radical (unpaired) electrons. The summed E-state index contributed by atoms with van der Waals surface area (Å²) in [6.07, 6.45) is 0.997. The smallest absolute Gasteiger partial charge is 0.300 e. The van der Waals surface area contributed by atoms with E-state index in [0.29, 0.717) is 4.83 Å². The van der Waals surface area contributed by atoms with Crippen molar-refractivity contribution in [3.05, 3.63) is 0 Å². The Bertz CT molecular complexity index is 77.1. The molecule has 0 fully saturated rings. The lowest BCUT2D eigenvalue weighted by molar-refractivity contribution is -0.134. The van der Waals surface area contributed by atoms with Crippen LogP contribution in [0.2, 0.25) is 0 Å². The average molecular weight is 213 g/mol. The first-order valence-electron chi connectivity index (χ1n) is 2.99. The monoisotopic (exact) mass is 212 g/mol. The fraction of sp³-hybridized carbons (Fsp3) is 0.833. The Hall–Kier alpha value is -0.0900. The summed E-state index contributed by atoms with van der Waals surface area (Å²) in [5.41, 5.74) is 0. The Labute approximate surface area is 69.2 Å². The molecule has 2 N–H and O–H groups in total. The SMILES string of the molecule is CC(=O)O.CC[C@@H](Br)CO. The van der Waals surface area contributed by atoms with Crippen molar-refractivity contribution < 1.29 is 15.0 Å². The van der Waals surface area contributed by atoms with Gasteiger partial charge in [-0.1, -0.05) is 22.9 Å². The van der Waals surface area contributed by atoms with E-state index in [4.69, 9.17) is 15.0 Å². The number of hydrogen-bond acceptors (Lipinski definition) is 2. The maximum atomic E-state index is 9.00. The van der Waals surface area contributed by atoms with E-state index in [2.05, 4.69) is 15.9 Å². The Morgan fingerprint density at radius 3 is 2.00 bits per heavy atom. The lowest BCUT2D eigenvalue weighted by atomic mass is 10.4. The molecule has 10 heavy (non-hydrogen) atoms. The normalized spacial score (nSPS) is 11.2. The average Bonchev–Trinajstić information content (AvgIpc) is 1.85. The molecule has 0 spiro atoms. The van der Waals surface area contributed by atoms with Crippen molar-refractivity contribution in [2.24, 2.45) is 0 Å². The van der Waals surface area contributed by atoms with Crippen LogP contribution >= 0.6 is 15.9 Å². The Kier molecular flexibility index (Phi) is 11.2. The molecule has 4 heteroatoms. The van der Waals surface area contributed by atoms with E-state index in [1.54, 1.807) is 0 Å². The van der Waals surface area contributed by atoms with Gasteiger partial charge in [-0.05, 0) is 6.42 Å². The van der Waals surface area contributed by atoms with Crippen LogP contribution in [0.3, 0.4) is 0 Å². The quantitative estimate of drug-likeness (QED) is 0.678. The number of carboxylic acids is 1. The van der Waals surface area contributed by atoms with Crippen LogP contribution in [-0.2, 0) is 4.79 Å². The second kappa shape index (κ2) is 8.91. The first-order valence-corrected chi connectivity index (χ1v) is 3.90. The van der Waals surface area contributed by atoms with E-state index in [0.717, 1.165) is 13.3 Å². The lowest BCUT2D eigenvalue weighted by Crippen LogP contribution is -1.99. The molecule has 0 aliphatic rings. The van der Waals surface area contributed by atoms with Gasteiger partial charge in [0.25, 0.3) is 5.97 Å². The number of alkyl halides is 1. The van der Waals surface area contributed by atoms with Crippen LogP contribution in [-0.4, -0.2) is 27.6 Å². The summed E-state index contributed by atoms with van der Waals surface area (Å²) in [7, 11) is 0. The molecule has 0 aromatic heterocycles. The molecule has 1 atom stereocenters. The second-order valence-electron chi connectivity index (χ2n) is 1.71. The van der Waals surface area contributed by atoms with Crippen molar-refractivity contribution in [1.29, 1.82) is 0 Å². The molecule has 0 aliphatic heterocycles. The van der Waals surface area contributed by atoms with Crippen LogP contribution in [0.25, 0.3) is 0 Å². The van der Waals surface area contributed by atoms with Gasteiger partial charge in [0.1, 0.15) is 0 Å². The molecule has 0 rings (SSSR count). The Morgan fingerprint density at radius 1 is 1.70 bits per heavy atom. The maximum absolute atomic E-state index is 9.00. The predicted octanol–water partition coefficient (Wildman–Crippen LogP) is 1.24. The van der Waals surface area contributed by atoms with E-state index in [9.17, 15) is 0 Å². The fourth-order valence-corrected chi connectivity index (χ4v) is 0.129. The van der Waals surface area contributed by atoms with Gasteiger partial charge in [0.2, 0.25) is 0 Å². The number of carbonyl (C=O) groups is 1. The van der Waals surface area contributed by atoms with E-state index in [-0.39, 0.29) is 6.61 Å². The number of aliphatic hydroxyl groups excluding tert-OH is 1. The third kappa shape index (κ3) is 24.7. The minimum atomic E-state index is -0.833. The molecule has 62 valence electrons. The molecular formula is C6H13BrO3. The largest absolute Gasteiger partial charge is 0.481 e. The van der Waals surface area contributed by atoms with E-state index < -0.39 is 5.97 Å². The molecule has 0 bridgehead atoms. The van der Waals surface area contributed by atoms with Crippen LogP contribution in [0, 0.1) is 0 Å². The number of rotatable bonds is 2. The first-order chi connectivity index (χ1) is 4.54. The molecule has 0 aliphatic carbocycles. The summed E-state index contributed by atoms with van der Waals surface area (Å²) < 4.78 is 0. The van der Waals surface area contributed by atoms with Crippen LogP contribution in [0.15, 0.2) is 0 Å². The minimum Gasteiger partial charge on any atom is -0.481 e. The van der Waals surface area contributed by atoms with Gasteiger partial charge in [-0.2, -0.15) is 0 Å². The highest BCUT2D eigenvalue weighted by Crippen LogP contribution is 2.00. The number of halogens is 1. The van der Waals surface area contributed by atoms with Crippen molar-refractivity contribution in [3.8, 4) is 0 Å². The summed E-state index contributed by atoms with van der Waals surface area (Å²) in [4.78, 5) is 9.30. The zero-order chi connectivity index (χ0) is 8.57. The molecule has 0 heterocycles. The third-order valence-corrected chi connectivity index (χ3v) is 1.58. The lowest BCUT2D eigenvalue weighted by Gasteiger charge is -1.95. The number of aliphatic hydroxyl groups is 1. The number of carboxylic acid groups (broad SMARTS) is 1. The zero-order valence-corrected chi connectivity index (χ0v) is 7.76. The fourth-order valence-electron chi connectivity index (χ4n) is 0.129. The summed E-state index contributed by atoms with van der Waals surface area (Å²) >= 11 is 3.23. The summed E-state index contributed by atoms with van der Waals surface area (Å²) in [6.45, 7) is 3.35. The standard InChI is InChI=1S/C4H9BrO.C2H4O2/c1-2-4(5)3-6;1-2(3)4/h4,6H,2-3H2,1H3;1H3,(H,3,4)/t4-;/m1./s1. The molecule has 0 saturated carbocycles. The van der Waals surface area contributed by atoms with Gasteiger partial charge in [-0.25, -0.2) is 0 Å². The van der Waals surface area contributed by atoms with Gasteiger partial charge in [-0.3, -0.25) is 4.79 Å². The van der Waals surface area contributed by atoms with E-state index in [1.807, 2.05) is 6.92 Å². The first kappa shape index (κ1) is 12.6. The van der Waals surface area contributed by atoms with Crippen LogP contribution in [0.5, 0.6) is 0 Å². The van der Waals surface area contributed by atoms with Crippen molar-refractivity contribution in [2.45, 2.75) is 25.1 Å². The molecular weight excluding hydrogens is 200 g/mol. The highest BCUT2D eigenvalue weighted by Gasteiger charge is 1.92. The zero-order valence-electron chi connectivity index (χ0n) is 6.17. The maximum Gasteiger partial charge on any atom is 0.300 e. The number of hydrogen-bond donors (Lipinski definition) is 2. The van der Waals surface area contributed by atoms with Crippen molar-refractivity contribution in [2.75, 3.05) is 6.61 Å². The van der Waals surface area contributed by atoms with Crippen molar-refractivity contribution in [3.63, 3.8) is 0 Å². The topological polar surface area (TPSA) is 57.5 Å². The van der Waals surface area contributed by atoms with E-state index in [1.165, 1.54) is 0 Å². The van der Waals surface area contributed by atoms with Gasteiger partial charge in [0, 0.05) is 11.8 Å². The predicted molar refractivity (Wildman–Crippen MR) is 43.4 cm³/mol. The van der Waals surface area contributed by atoms with Crippen LogP contribution < -0.4 is 0 Å². The van der Waals surface area contributed by atoms with Gasteiger partial charge >= 0.3 is 0 Å². The Morgan fingerprint density at radius 2 is 2.00 bits per heavy atom. The molecule has 0 aromatic carbocycles. The summed E-state index contributed by atoms with van der Waals surface area (Å²) in [6, 6.07) is 0. The summed E-state index contributed by atoms with van der Waals surface area (Å²) in [5.74, 6) is -0.833. The molecule has 3 nitrogen and oxygen atoms in total. The van der Waals surface area contributed by atoms with Gasteiger partial charge in [0.05, 0.1) is 6.61 Å². The van der Waals surface area contributed by atoms with Gasteiger partial charge < -0.3 is 10.2 Å². The highest BCUT2D eigenvalue weighted by molar-refractivity contribution is 9.09. The second-order valence-corrected chi connectivity index (χ2v) is 3.00. The molecule has 0 unspecified atom stereocenters. The van der Waals surface area contributed by atoms with Crippen LogP contribution in [0.1, 0.15) is 20.3 Å². The molecule has 0 aromatic rings. The van der Waals surface area contributed by atoms with E-state index >= 15 is 0 Å². The molecule has 0 amide bonds. The van der Waals surface area contributed by atoms with Crippen molar-refractivity contribution in [1.82, 2.24) is 0 Å².